The topological polar surface area (TPSA) is 90.7 Å². The molecule has 19 heavy (non-hydrogen) atoms. The van der Waals surface area contributed by atoms with Crippen molar-refractivity contribution in [2.45, 2.75) is 13.0 Å². The number of pyridine rings is 1. The second-order valence-corrected chi connectivity index (χ2v) is 4.89. The van der Waals surface area contributed by atoms with Gasteiger partial charge in [-0.2, -0.15) is 4.98 Å². The lowest BCUT2D eigenvalue weighted by molar-refractivity contribution is 0.431. The number of nitrogens with zero attached hydrogens (tertiary/aromatic N) is 4. The van der Waals surface area contributed by atoms with Gasteiger partial charge in [0.1, 0.15) is 16.4 Å². The van der Waals surface area contributed by atoms with Gasteiger partial charge in [-0.25, -0.2) is 4.98 Å². The van der Waals surface area contributed by atoms with Crippen LogP contribution in [0.15, 0.2) is 34.3 Å². The third-order valence-electron chi connectivity index (χ3n) is 2.45. The van der Waals surface area contributed by atoms with Crippen LogP contribution in [0.5, 0.6) is 0 Å². The van der Waals surface area contributed by atoms with Crippen LogP contribution >= 0.6 is 11.3 Å². The fraction of sp³-hybridized carbons (Fsp3) is 0.167. The van der Waals surface area contributed by atoms with E-state index in [0.717, 1.165) is 5.01 Å². The van der Waals surface area contributed by atoms with Crippen LogP contribution in [-0.4, -0.2) is 20.1 Å². The van der Waals surface area contributed by atoms with E-state index in [9.17, 15) is 0 Å². The first-order chi connectivity index (χ1) is 9.24. The van der Waals surface area contributed by atoms with E-state index < -0.39 is 0 Å². The van der Waals surface area contributed by atoms with E-state index >= 15 is 0 Å². The van der Waals surface area contributed by atoms with Gasteiger partial charge >= 0.3 is 0 Å². The molecule has 1 unspecified atom stereocenters. The lowest BCUT2D eigenvalue weighted by atomic mass is 10.3. The van der Waals surface area contributed by atoms with Gasteiger partial charge in [-0.1, -0.05) is 11.2 Å². The SMILES string of the molecule is CC(N)c1nc(-c2nc(-c3ccccn3)no2)cs1. The molecule has 7 heteroatoms. The third kappa shape index (κ3) is 2.38. The van der Waals surface area contributed by atoms with Crippen molar-refractivity contribution in [3.63, 3.8) is 0 Å². The fourth-order valence-electron chi connectivity index (χ4n) is 1.52. The molecule has 0 aliphatic heterocycles. The zero-order valence-electron chi connectivity index (χ0n) is 10.1. The maximum absolute atomic E-state index is 5.77. The molecule has 2 N–H and O–H groups in total. The number of aromatic nitrogens is 4. The smallest absolute Gasteiger partial charge is 0.277 e. The molecule has 0 aliphatic carbocycles. The number of rotatable bonds is 3. The predicted molar refractivity (Wildman–Crippen MR) is 71.2 cm³/mol. The van der Waals surface area contributed by atoms with Crippen molar-refractivity contribution in [3.8, 4) is 23.1 Å². The average Bonchev–Trinajstić information content (AvgIpc) is 3.09. The van der Waals surface area contributed by atoms with Gasteiger partial charge in [-0.3, -0.25) is 4.98 Å². The second-order valence-electron chi connectivity index (χ2n) is 4.00. The summed E-state index contributed by atoms with van der Waals surface area (Å²) in [5.74, 6) is 0.828. The maximum atomic E-state index is 5.77. The van der Waals surface area contributed by atoms with Crippen LogP contribution in [0.2, 0.25) is 0 Å². The van der Waals surface area contributed by atoms with E-state index in [1.165, 1.54) is 11.3 Å². The Balaban J connectivity index is 1.92. The molecule has 0 aromatic carbocycles. The molecule has 0 radical (unpaired) electrons. The molecule has 0 amide bonds. The zero-order valence-corrected chi connectivity index (χ0v) is 11.0. The number of hydrogen-bond acceptors (Lipinski definition) is 7. The summed E-state index contributed by atoms with van der Waals surface area (Å²) in [4.78, 5) is 12.8. The third-order valence-corrected chi connectivity index (χ3v) is 3.50. The highest BCUT2D eigenvalue weighted by Gasteiger charge is 2.15. The Morgan fingerprint density at radius 1 is 1.26 bits per heavy atom. The molecule has 0 saturated carbocycles. The predicted octanol–water partition coefficient (Wildman–Crippen LogP) is 2.27. The van der Waals surface area contributed by atoms with Crippen LogP contribution < -0.4 is 5.73 Å². The molecule has 6 nitrogen and oxygen atoms in total. The second kappa shape index (κ2) is 4.87. The summed E-state index contributed by atoms with van der Waals surface area (Å²) in [6.07, 6.45) is 1.68. The summed E-state index contributed by atoms with van der Waals surface area (Å²) >= 11 is 1.48. The van der Waals surface area contributed by atoms with Crippen molar-refractivity contribution < 1.29 is 4.52 Å². The van der Waals surface area contributed by atoms with Gasteiger partial charge in [-0.05, 0) is 19.1 Å². The molecule has 3 rings (SSSR count). The van der Waals surface area contributed by atoms with Gasteiger partial charge in [0, 0.05) is 11.6 Å². The fourth-order valence-corrected chi connectivity index (χ4v) is 2.27. The summed E-state index contributed by atoms with van der Waals surface area (Å²) in [5, 5.41) is 6.60. The molecule has 0 saturated heterocycles. The van der Waals surface area contributed by atoms with E-state index in [0.29, 0.717) is 23.1 Å². The van der Waals surface area contributed by atoms with Crippen LogP contribution in [0.4, 0.5) is 0 Å². The van der Waals surface area contributed by atoms with Crippen LogP contribution in [0, 0.1) is 0 Å². The Kier molecular flexibility index (Phi) is 3.06. The Morgan fingerprint density at radius 3 is 2.84 bits per heavy atom. The monoisotopic (exact) mass is 273 g/mol. The van der Waals surface area contributed by atoms with Crippen molar-refractivity contribution in [2.24, 2.45) is 5.73 Å². The van der Waals surface area contributed by atoms with Crippen molar-refractivity contribution in [2.75, 3.05) is 0 Å². The van der Waals surface area contributed by atoms with Crippen LogP contribution in [-0.2, 0) is 0 Å². The van der Waals surface area contributed by atoms with Gasteiger partial charge in [0.2, 0.25) is 5.82 Å². The van der Waals surface area contributed by atoms with E-state index in [1.54, 1.807) is 6.20 Å². The van der Waals surface area contributed by atoms with Crippen molar-refractivity contribution >= 4 is 11.3 Å². The minimum Gasteiger partial charge on any atom is -0.332 e. The molecule has 0 fully saturated rings. The maximum Gasteiger partial charge on any atom is 0.277 e. The molecular formula is C12H11N5OS. The van der Waals surface area contributed by atoms with E-state index in [1.807, 2.05) is 30.5 Å². The Hall–Kier alpha value is -2.12. The summed E-state index contributed by atoms with van der Waals surface area (Å²) in [7, 11) is 0. The molecule has 0 bridgehead atoms. The van der Waals surface area contributed by atoms with Crippen molar-refractivity contribution in [1.29, 1.82) is 0 Å². The average molecular weight is 273 g/mol. The molecule has 0 aliphatic rings. The van der Waals surface area contributed by atoms with Crippen LogP contribution in [0.25, 0.3) is 23.1 Å². The summed E-state index contributed by atoms with van der Waals surface area (Å²) in [6.45, 7) is 1.88. The first-order valence-corrected chi connectivity index (χ1v) is 6.58. The molecule has 3 aromatic rings. The normalized spacial score (nSPS) is 12.5. The molecule has 3 aromatic heterocycles. The first kappa shape index (κ1) is 11.9. The van der Waals surface area contributed by atoms with Gasteiger partial charge < -0.3 is 10.3 Å². The molecular weight excluding hydrogens is 262 g/mol. The number of thiazole rings is 1. The van der Waals surface area contributed by atoms with Gasteiger partial charge in [0.25, 0.3) is 5.89 Å². The van der Waals surface area contributed by atoms with E-state index in [-0.39, 0.29) is 6.04 Å². The highest BCUT2D eigenvalue weighted by atomic mass is 32.1. The molecule has 96 valence electrons. The summed E-state index contributed by atoms with van der Waals surface area (Å²) < 4.78 is 5.20. The molecule has 0 spiro atoms. The van der Waals surface area contributed by atoms with E-state index in [2.05, 4.69) is 20.1 Å². The first-order valence-electron chi connectivity index (χ1n) is 5.70. The highest BCUT2D eigenvalue weighted by Crippen LogP contribution is 2.24. The lowest BCUT2D eigenvalue weighted by Gasteiger charge is -1.95. The summed E-state index contributed by atoms with van der Waals surface area (Å²) in [6, 6.07) is 5.43. The van der Waals surface area contributed by atoms with Gasteiger partial charge in [-0.15, -0.1) is 11.3 Å². The van der Waals surface area contributed by atoms with Crippen LogP contribution in [0.3, 0.4) is 0 Å². The quantitative estimate of drug-likeness (QED) is 0.787. The largest absolute Gasteiger partial charge is 0.332 e. The Morgan fingerprint density at radius 2 is 2.16 bits per heavy atom. The van der Waals surface area contributed by atoms with Crippen molar-refractivity contribution in [3.05, 3.63) is 34.8 Å². The lowest BCUT2D eigenvalue weighted by Crippen LogP contribution is -2.03. The number of hydrogen-bond donors (Lipinski definition) is 1. The Labute approximate surface area is 113 Å². The standard InChI is InChI=1S/C12H11N5OS/c1-7(13)12-15-9(6-19-12)11-16-10(17-18-11)8-4-2-3-5-14-8/h2-7H,13H2,1H3. The minimum atomic E-state index is -0.100. The minimum absolute atomic E-state index is 0.100. The van der Waals surface area contributed by atoms with Crippen LogP contribution in [0.1, 0.15) is 18.0 Å². The Bertz CT molecular complexity index is 676. The molecule has 3 heterocycles. The zero-order chi connectivity index (χ0) is 13.2. The highest BCUT2D eigenvalue weighted by molar-refractivity contribution is 7.10. The van der Waals surface area contributed by atoms with Gasteiger partial charge in [0.05, 0.1) is 6.04 Å². The molecule has 1 atom stereocenters. The summed E-state index contributed by atoms with van der Waals surface area (Å²) in [5.41, 5.74) is 7.08. The van der Waals surface area contributed by atoms with Gasteiger partial charge in [0.15, 0.2) is 0 Å². The van der Waals surface area contributed by atoms with Crippen molar-refractivity contribution in [1.82, 2.24) is 20.1 Å². The van der Waals surface area contributed by atoms with E-state index in [4.69, 9.17) is 10.3 Å². The number of nitrogens with two attached hydrogens (primary N) is 1.